The van der Waals surface area contributed by atoms with E-state index in [2.05, 4.69) is 26.3 Å². The van der Waals surface area contributed by atoms with Gasteiger partial charge in [0.15, 0.2) is 17.2 Å². The van der Waals surface area contributed by atoms with E-state index in [1.165, 1.54) is 0 Å². The molecule has 2 saturated heterocycles. The fourth-order valence-corrected chi connectivity index (χ4v) is 5.22. The molecule has 3 aromatic rings. The number of hydrogen-bond acceptors (Lipinski definition) is 8. The molecule has 0 radical (unpaired) electrons. The molecule has 10 heteroatoms. The highest BCUT2D eigenvalue weighted by molar-refractivity contribution is 6.29. The van der Waals surface area contributed by atoms with Crippen LogP contribution in [0.3, 0.4) is 0 Å². The molecule has 2 fully saturated rings. The van der Waals surface area contributed by atoms with Crippen molar-refractivity contribution >= 4 is 40.1 Å². The number of ether oxygens (including phenoxy) is 1. The number of anilines is 2. The SMILES string of the molecule is Cc1cc([C@@H](C)Nc2ccc(Cl)nc2C(=O)O)c2nc(N3CC[C@@]4(CCCO4)C3)c(C#N)nc2c1. The van der Waals surface area contributed by atoms with Crippen molar-refractivity contribution in [2.75, 3.05) is 29.9 Å². The van der Waals surface area contributed by atoms with Crippen molar-refractivity contribution in [1.82, 2.24) is 15.0 Å². The Balaban J connectivity index is 1.55. The molecule has 2 aliphatic rings. The van der Waals surface area contributed by atoms with Gasteiger partial charge in [-0.3, -0.25) is 0 Å². The lowest BCUT2D eigenvalue weighted by atomic mass is 10.00. The van der Waals surface area contributed by atoms with E-state index in [9.17, 15) is 15.2 Å². The summed E-state index contributed by atoms with van der Waals surface area (Å²) in [7, 11) is 0. The van der Waals surface area contributed by atoms with Crippen molar-refractivity contribution in [3.05, 3.63) is 51.9 Å². The van der Waals surface area contributed by atoms with E-state index in [4.69, 9.17) is 21.3 Å². The summed E-state index contributed by atoms with van der Waals surface area (Å²) in [6.07, 6.45) is 2.96. The number of carboxylic acids is 1. The van der Waals surface area contributed by atoms with Gasteiger partial charge in [0.1, 0.15) is 11.2 Å². The Bertz CT molecular complexity index is 1370. The summed E-state index contributed by atoms with van der Waals surface area (Å²) >= 11 is 5.91. The number of aromatic nitrogens is 3. The van der Waals surface area contributed by atoms with Crippen LogP contribution in [0.2, 0.25) is 5.15 Å². The molecule has 1 aromatic carbocycles. The summed E-state index contributed by atoms with van der Waals surface area (Å²) in [4.78, 5) is 27.4. The van der Waals surface area contributed by atoms with Crippen molar-refractivity contribution in [2.45, 2.75) is 44.8 Å². The first-order valence-electron chi connectivity index (χ1n) is 11.6. The van der Waals surface area contributed by atoms with Crippen LogP contribution in [0.25, 0.3) is 11.0 Å². The van der Waals surface area contributed by atoms with E-state index in [0.717, 1.165) is 43.5 Å². The van der Waals surface area contributed by atoms with Gasteiger partial charge in [0.25, 0.3) is 0 Å². The van der Waals surface area contributed by atoms with Gasteiger partial charge in [-0.1, -0.05) is 17.7 Å². The largest absolute Gasteiger partial charge is 0.476 e. The van der Waals surface area contributed by atoms with Crippen LogP contribution >= 0.6 is 11.6 Å². The Hall–Kier alpha value is -3.48. The number of nitriles is 1. The molecule has 35 heavy (non-hydrogen) atoms. The zero-order valence-corrected chi connectivity index (χ0v) is 20.3. The smallest absolute Gasteiger partial charge is 0.356 e. The van der Waals surface area contributed by atoms with E-state index in [-0.39, 0.29) is 22.5 Å². The lowest BCUT2D eigenvalue weighted by Gasteiger charge is -2.25. The molecular formula is C25H25ClN6O3. The van der Waals surface area contributed by atoms with Gasteiger partial charge < -0.3 is 20.1 Å². The molecule has 1 spiro atoms. The number of rotatable bonds is 5. The van der Waals surface area contributed by atoms with Crippen LogP contribution < -0.4 is 10.2 Å². The van der Waals surface area contributed by atoms with Crippen LogP contribution in [0.1, 0.15) is 59.5 Å². The number of halogens is 1. The number of carbonyl (C=O) groups is 1. The van der Waals surface area contributed by atoms with Gasteiger partial charge in [0.05, 0.1) is 28.4 Å². The molecule has 2 atom stereocenters. The maximum atomic E-state index is 11.7. The van der Waals surface area contributed by atoms with E-state index in [0.29, 0.717) is 34.8 Å². The average Bonchev–Trinajstić information content (AvgIpc) is 3.48. The summed E-state index contributed by atoms with van der Waals surface area (Å²) in [5.41, 5.74) is 3.41. The quantitative estimate of drug-likeness (QED) is 0.495. The summed E-state index contributed by atoms with van der Waals surface area (Å²) in [5, 5.41) is 22.8. The predicted molar refractivity (Wildman–Crippen MR) is 132 cm³/mol. The molecule has 9 nitrogen and oxygen atoms in total. The molecule has 0 saturated carbocycles. The molecule has 0 amide bonds. The third kappa shape index (κ3) is 4.35. The molecule has 2 aromatic heterocycles. The molecule has 180 valence electrons. The van der Waals surface area contributed by atoms with Gasteiger partial charge in [-0.05, 0) is 56.9 Å². The average molecular weight is 493 g/mol. The molecular weight excluding hydrogens is 468 g/mol. The highest BCUT2D eigenvalue weighted by atomic mass is 35.5. The fourth-order valence-electron chi connectivity index (χ4n) is 5.08. The Morgan fingerprint density at radius 1 is 1.31 bits per heavy atom. The maximum Gasteiger partial charge on any atom is 0.356 e. The number of benzene rings is 1. The second-order valence-corrected chi connectivity index (χ2v) is 9.62. The van der Waals surface area contributed by atoms with Crippen molar-refractivity contribution < 1.29 is 14.6 Å². The van der Waals surface area contributed by atoms with E-state index in [1.54, 1.807) is 12.1 Å². The van der Waals surface area contributed by atoms with Gasteiger partial charge >= 0.3 is 5.97 Å². The number of hydrogen-bond donors (Lipinski definition) is 2. The van der Waals surface area contributed by atoms with Crippen molar-refractivity contribution in [2.24, 2.45) is 0 Å². The number of carboxylic acid groups (broad SMARTS) is 1. The van der Waals surface area contributed by atoms with Crippen LogP contribution in [0.4, 0.5) is 11.5 Å². The van der Waals surface area contributed by atoms with Crippen molar-refractivity contribution in [3.8, 4) is 6.07 Å². The molecule has 2 N–H and O–H groups in total. The number of nitrogens with zero attached hydrogens (tertiary/aromatic N) is 5. The third-order valence-corrected chi connectivity index (χ3v) is 6.95. The van der Waals surface area contributed by atoms with Crippen molar-refractivity contribution in [1.29, 1.82) is 5.26 Å². The van der Waals surface area contributed by atoms with Gasteiger partial charge in [0.2, 0.25) is 0 Å². The third-order valence-electron chi connectivity index (χ3n) is 6.73. The van der Waals surface area contributed by atoms with Gasteiger partial charge in [-0.2, -0.15) is 5.26 Å². The molecule has 4 heterocycles. The fraction of sp³-hybridized carbons (Fsp3) is 0.400. The van der Waals surface area contributed by atoms with Crippen LogP contribution in [-0.2, 0) is 4.74 Å². The Kier molecular flexibility index (Phi) is 5.95. The number of nitrogens with one attached hydrogen (secondary N) is 1. The zero-order chi connectivity index (χ0) is 24.7. The first kappa shape index (κ1) is 23.3. The van der Waals surface area contributed by atoms with E-state index in [1.807, 2.05) is 26.0 Å². The lowest BCUT2D eigenvalue weighted by Crippen LogP contribution is -2.33. The van der Waals surface area contributed by atoms with Crippen molar-refractivity contribution in [3.63, 3.8) is 0 Å². The Labute approximate surface area is 207 Å². The van der Waals surface area contributed by atoms with Gasteiger partial charge in [0, 0.05) is 25.3 Å². The van der Waals surface area contributed by atoms with Crippen LogP contribution in [-0.4, -0.2) is 51.3 Å². The number of aryl methyl sites for hydroxylation is 1. The van der Waals surface area contributed by atoms with Crippen LogP contribution in [0.15, 0.2) is 24.3 Å². The summed E-state index contributed by atoms with van der Waals surface area (Å²) in [6, 6.07) is 8.95. The highest BCUT2D eigenvalue weighted by Crippen LogP contribution is 2.38. The molecule has 5 rings (SSSR count). The van der Waals surface area contributed by atoms with E-state index >= 15 is 0 Å². The van der Waals surface area contributed by atoms with E-state index < -0.39 is 5.97 Å². The maximum absolute atomic E-state index is 11.7. The second kappa shape index (κ2) is 8.95. The monoisotopic (exact) mass is 492 g/mol. The number of fused-ring (bicyclic) bond motifs is 1. The number of aromatic carboxylic acids is 1. The van der Waals surface area contributed by atoms with Gasteiger partial charge in [-0.15, -0.1) is 0 Å². The Morgan fingerprint density at radius 3 is 2.86 bits per heavy atom. The Morgan fingerprint density at radius 2 is 2.14 bits per heavy atom. The first-order chi connectivity index (χ1) is 16.8. The summed E-state index contributed by atoms with van der Waals surface area (Å²) in [5.74, 6) is -0.613. The molecule has 0 bridgehead atoms. The van der Waals surface area contributed by atoms with Crippen LogP contribution in [0, 0.1) is 18.3 Å². The number of pyridine rings is 1. The molecule has 0 unspecified atom stereocenters. The normalized spacial score (nSPS) is 20.3. The standard InChI is InChI=1S/C25H25ClN6O3/c1-14-10-16(15(2)28-17-4-5-20(26)30-22(17)24(33)34)21-18(11-14)29-19(12-27)23(31-21)32-8-7-25(13-32)6-3-9-35-25/h4-5,10-11,15,28H,3,6-9,13H2,1-2H3,(H,33,34)/t15-,25+/m1/s1. The van der Waals surface area contributed by atoms with Gasteiger partial charge in [-0.25, -0.2) is 19.7 Å². The minimum absolute atomic E-state index is 0.107. The topological polar surface area (TPSA) is 124 Å². The summed E-state index contributed by atoms with van der Waals surface area (Å²) < 4.78 is 6.05. The molecule has 0 aliphatic carbocycles. The minimum atomic E-state index is -1.17. The zero-order valence-electron chi connectivity index (χ0n) is 19.5. The highest BCUT2D eigenvalue weighted by Gasteiger charge is 2.42. The summed E-state index contributed by atoms with van der Waals surface area (Å²) in [6.45, 7) is 6.08. The minimum Gasteiger partial charge on any atom is -0.476 e. The van der Waals surface area contributed by atoms with Crippen LogP contribution in [0.5, 0.6) is 0 Å². The lowest BCUT2D eigenvalue weighted by molar-refractivity contribution is 0.0231. The first-order valence-corrected chi connectivity index (χ1v) is 11.9. The second-order valence-electron chi connectivity index (χ2n) is 9.24. The predicted octanol–water partition coefficient (Wildman–Crippen LogP) is 4.49. The molecule has 2 aliphatic heterocycles.